The maximum absolute atomic E-state index is 12.2. The summed E-state index contributed by atoms with van der Waals surface area (Å²) < 4.78 is 16.6. The zero-order chi connectivity index (χ0) is 18.1. The molecule has 0 aliphatic carbocycles. The molecule has 0 bridgehead atoms. The second-order valence-electron chi connectivity index (χ2n) is 5.08. The number of nitro benzene ring substituents is 1. The van der Waals surface area contributed by atoms with Crippen LogP contribution in [0.15, 0.2) is 47.4 Å². The van der Waals surface area contributed by atoms with Crippen LogP contribution in [0.5, 0.6) is 0 Å². The molecule has 1 heterocycles. The summed E-state index contributed by atoms with van der Waals surface area (Å²) >= 11 is -2.07. The van der Waals surface area contributed by atoms with Crippen LogP contribution >= 0.6 is 0 Å². The highest BCUT2D eigenvalue weighted by atomic mass is 32.2. The molecule has 0 saturated carbocycles. The van der Waals surface area contributed by atoms with Crippen molar-refractivity contribution in [3.05, 3.63) is 69.3 Å². The zero-order valence-corrected chi connectivity index (χ0v) is 13.5. The molecular formula is C15H10N2O7S. The number of rotatable bonds is 5. The average molecular weight is 362 g/mol. The molecule has 1 atom stereocenters. The highest BCUT2D eigenvalue weighted by molar-refractivity contribution is 7.80. The van der Waals surface area contributed by atoms with Crippen LogP contribution in [0.2, 0.25) is 0 Å². The molecule has 0 aromatic heterocycles. The lowest BCUT2D eigenvalue weighted by Crippen LogP contribution is -2.30. The van der Waals surface area contributed by atoms with Crippen molar-refractivity contribution in [2.24, 2.45) is 0 Å². The highest BCUT2D eigenvalue weighted by Crippen LogP contribution is 2.27. The van der Waals surface area contributed by atoms with Crippen LogP contribution in [-0.4, -0.2) is 26.0 Å². The summed E-state index contributed by atoms with van der Waals surface area (Å²) in [5.74, 6) is -1.81. The fourth-order valence-electron chi connectivity index (χ4n) is 2.13. The molecule has 2 aromatic carbocycles. The maximum Gasteiger partial charge on any atom is 0.288 e. The Morgan fingerprint density at radius 3 is 2.32 bits per heavy atom. The van der Waals surface area contributed by atoms with Gasteiger partial charge in [0, 0.05) is 12.1 Å². The molecule has 2 amide bonds. The Hall–Kier alpha value is -2.95. The number of benzene rings is 2. The number of fused-ring (bicyclic) bond motifs is 1. The van der Waals surface area contributed by atoms with E-state index in [1.165, 1.54) is 0 Å². The van der Waals surface area contributed by atoms with E-state index in [9.17, 15) is 23.9 Å². The van der Waals surface area contributed by atoms with Gasteiger partial charge in [0.15, 0.2) is 0 Å². The fourth-order valence-corrected chi connectivity index (χ4v) is 2.69. The van der Waals surface area contributed by atoms with Gasteiger partial charge in [0.2, 0.25) is 11.1 Å². The van der Waals surface area contributed by atoms with Crippen LogP contribution in [0, 0.1) is 17.0 Å². The third-order valence-corrected chi connectivity index (χ3v) is 4.27. The molecule has 0 fully saturated rings. The summed E-state index contributed by atoms with van der Waals surface area (Å²) in [6.07, 6.45) is 0. The van der Waals surface area contributed by atoms with Crippen molar-refractivity contribution in [1.82, 2.24) is 5.06 Å². The Kier molecular flexibility index (Phi) is 4.40. The second kappa shape index (κ2) is 6.51. The molecule has 0 saturated heterocycles. The predicted molar refractivity (Wildman–Crippen MR) is 83.4 cm³/mol. The van der Waals surface area contributed by atoms with E-state index < -0.39 is 27.8 Å². The largest absolute Gasteiger partial charge is 0.288 e. The topological polar surface area (TPSA) is 116 Å². The number of non-ortho nitro benzene ring substituents is 1. The van der Waals surface area contributed by atoms with E-state index in [0.29, 0.717) is 0 Å². The molecule has 1 aliphatic rings. The van der Waals surface area contributed by atoms with Crippen LogP contribution in [0.4, 0.5) is 5.69 Å². The molecule has 2 aromatic rings. The second-order valence-corrected chi connectivity index (χ2v) is 6.16. The van der Waals surface area contributed by atoms with Crippen LogP contribution < -0.4 is 0 Å². The predicted octanol–water partition coefficient (Wildman–Crippen LogP) is 2.09. The summed E-state index contributed by atoms with van der Waals surface area (Å²) in [5.41, 5.74) is 0.346. The Bertz CT molecular complexity index is 911. The number of hydroxylamine groups is 2. The first-order chi connectivity index (χ1) is 11.9. The van der Waals surface area contributed by atoms with E-state index in [1.54, 1.807) is 24.3 Å². The first kappa shape index (κ1) is 16.9. The summed E-state index contributed by atoms with van der Waals surface area (Å²) in [6.45, 7) is 1.85. The number of amides is 2. The van der Waals surface area contributed by atoms with E-state index in [0.717, 1.165) is 23.8 Å². The minimum Gasteiger partial charge on any atom is -0.266 e. The van der Waals surface area contributed by atoms with Crippen molar-refractivity contribution in [2.45, 2.75) is 11.8 Å². The normalized spacial score (nSPS) is 14.5. The van der Waals surface area contributed by atoms with E-state index in [-0.39, 0.29) is 26.8 Å². The number of imide groups is 1. The number of hydrogen-bond acceptors (Lipinski definition) is 7. The van der Waals surface area contributed by atoms with E-state index in [2.05, 4.69) is 9.32 Å². The number of hydrogen-bond donors (Lipinski definition) is 0. The van der Waals surface area contributed by atoms with Crippen molar-refractivity contribution < 1.29 is 28.0 Å². The van der Waals surface area contributed by atoms with Gasteiger partial charge in [-0.05, 0) is 25.1 Å². The standard InChI is InChI=1S/C15H10N2O7S/c1-9-2-5-11(6-3-9)25(22)24-23-16-14(18)12-7-4-10(17(20)21)8-13(12)15(16)19/h2-8H,1H3. The van der Waals surface area contributed by atoms with Gasteiger partial charge >= 0.3 is 0 Å². The Morgan fingerprint density at radius 2 is 1.68 bits per heavy atom. The molecule has 0 spiro atoms. The molecule has 1 aliphatic heterocycles. The van der Waals surface area contributed by atoms with Crippen molar-refractivity contribution in [1.29, 1.82) is 0 Å². The first-order valence-electron chi connectivity index (χ1n) is 6.89. The van der Waals surface area contributed by atoms with E-state index in [1.807, 2.05) is 6.92 Å². The minimum atomic E-state index is -2.07. The number of carbonyl (C=O) groups excluding carboxylic acids is 2. The summed E-state index contributed by atoms with van der Waals surface area (Å²) in [6, 6.07) is 9.71. The summed E-state index contributed by atoms with van der Waals surface area (Å²) in [5, 5.41) is 11.0. The number of nitrogens with zero attached hydrogens (tertiary/aromatic N) is 2. The van der Waals surface area contributed by atoms with Gasteiger partial charge in [-0.3, -0.25) is 19.7 Å². The molecule has 3 rings (SSSR count). The monoisotopic (exact) mass is 362 g/mol. The molecule has 1 unspecified atom stereocenters. The summed E-state index contributed by atoms with van der Waals surface area (Å²) in [4.78, 5) is 39.2. The Morgan fingerprint density at radius 1 is 1.04 bits per heavy atom. The van der Waals surface area contributed by atoms with Crippen molar-refractivity contribution in [3.8, 4) is 0 Å². The molecule has 10 heteroatoms. The molecule has 9 nitrogen and oxygen atoms in total. The average Bonchev–Trinajstić information content (AvgIpc) is 2.84. The molecule has 128 valence electrons. The van der Waals surface area contributed by atoms with Gasteiger partial charge < -0.3 is 0 Å². The third kappa shape index (κ3) is 3.18. The van der Waals surface area contributed by atoms with Crippen LogP contribution in [0.1, 0.15) is 26.3 Å². The van der Waals surface area contributed by atoms with Gasteiger partial charge in [-0.15, -0.1) is 9.40 Å². The molecule has 0 N–H and O–H groups in total. The van der Waals surface area contributed by atoms with Gasteiger partial charge in [0.25, 0.3) is 17.5 Å². The SMILES string of the molecule is Cc1ccc(S(=O)OON2C(=O)c3ccc([N+](=O)[O-])cc3C2=O)cc1. The number of aryl methyl sites for hydroxylation is 1. The maximum atomic E-state index is 12.2. The Labute approximate surface area is 143 Å². The van der Waals surface area contributed by atoms with Gasteiger partial charge in [-0.1, -0.05) is 22.7 Å². The van der Waals surface area contributed by atoms with E-state index in [4.69, 9.17) is 0 Å². The quantitative estimate of drug-likeness (QED) is 0.346. The highest BCUT2D eigenvalue weighted by Gasteiger charge is 2.39. The lowest BCUT2D eigenvalue weighted by molar-refractivity contribution is -0.384. The van der Waals surface area contributed by atoms with Gasteiger partial charge in [0.1, 0.15) is 0 Å². The van der Waals surface area contributed by atoms with Gasteiger partial charge in [0.05, 0.1) is 20.9 Å². The smallest absolute Gasteiger partial charge is 0.266 e. The van der Waals surface area contributed by atoms with Crippen molar-refractivity contribution in [2.75, 3.05) is 0 Å². The van der Waals surface area contributed by atoms with Crippen LogP contribution in [-0.2, 0) is 20.4 Å². The molecular weight excluding hydrogens is 352 g/mol. The van der Waals surface area contributed by atoms with E-state index >= 15 is 0 Å². The fraction of sp³-hybridized carbons (Fsp3) is 0.0667. The van der Waals surface area contributed by atoms with Crippen LogP contribution in [0.3, 0.4) is 0 Å². The lowest BCUT2D eigenvalue weighted by atomic mass is 10.1. The lowest BCUT2D eigenvalue weighted by Gasteiger charge is -2.10. The minimum absolute atomic E-state index is 0.0691. The number of carbonyl (C=O) groups is 2. The molecule has 0 radical (unpaired) electrons. The third-order valence-electron chi connectivity index (χ3n) is 3.42. The molecule has 25 heavy (non-hydrogen) atoms. The zero-order valence-electron chi connectivity index (χ0n) is 12.7. The number of nitro groups is 1. The Balaban J connectivity index is 1.74. The summed E-state index contributed by atoms with van der Waals surface area (Å²) in [7, 11) is 0. The first-order valence-corrected chi connectivity index (χ1v) is 7.97. The van der Waals surface area contributed by atoms with Crippen molar-refractivity contribution >= 4 is 28.6 Å². The van der Waals surface area contributed by atoms with Gasteiger partial charge in [-0.2, -0.15) is 0 Å². The van der Waals surface area contributed by atoms with Crippen molar-refractivity contribution in [3.63, 3.8) is 0 Å². The van der Waals surface area contributed by atoms with Crippen LogP contribution in [0.25, 0.3) is 0 Å². The van der Waals surface area contributed by atoms with Gasteiger partial charge in [-0.25, -0.2) is 4.21 Å².